The monoisotopic (exact) mass is 249 g/mol. The van der Waals surface area contributed by atoms with Crippen LogP contribution in [0.4, 0.5) is 5.69 Å². The van der Waals surface area contributed by atoms with Crippen LogP contribution in [-0.2, 0) is 6.54 Å². The van der Waals surface area contributed by atoms with Gasteiger partial charge in [0.05, 0.1) is 17.1 Å². The van der Waals surface area contributed by atoms with Gasteiger partial charge >= 0.3 is 0 Å². The van der Waals surface area contributed by atoms with Gasteiger partial charge in [-0.3, -0.25) is 4.79 Å². The van der Waals surface area contributed by atoms with Crippen LogP contribution in [0.5, 0.6) is 0 Å². The maximum absolute atomic E-state index is 11.0. The van der Waals surface area contributed by atoms with Gasteiger partial charge in [-0.2, -0.15) is 0 Å². The minimum atomic E-state index is -0.522. The molecule has 0 aliphatic carbocycles. The van der Waals surface area contributed by atoms with Crippen molar-refractivity contribution in [2.45, 2.75) is 6.54 Å². The Morgan fingerprint density at radius 2 is 2.24 bits per heavy atom. The first kappa shape index (κ1) is 11.5. The largest absolute Gasteiger partial charge is 0.379 e. The molecule has 17 heavy (non-hydrogen) atoms. The van der Waals surface area contributed by atoms with E-state index in [2.05, 4.69) is 10.3 Å². The van der Waals surface area contributed by atoms with E-state index in [0.717, 1.165) is 11.4 Å². The summed E-state index contributed by atoms with van der Waals surface area (Å²) in [5, 5.41) is 3.54. The molecule has 2 rings (SSSR count). The summed E-state index contributed by atoms with van der Waals surface area (Å²) in [7, 11) is 0. The number of rotatable bonds is 4. The Morgan fingerprint density at radius 1 is 1.41 bits per heavy atom. The lowest BCUT2D eigenvalue weighted by molar-refractivity contribution is 0.100. The van der Waals surface area contributed by atoms with Crippen molar-refractivity contribution in [3.63, 3.8) is 0 Å². The first-order chi connectivity index (χ1) is 8.16. The van der Waals surface area contributed by atoms with E-state index in [0.29, 0.717) is 17.1 Å². The van der Waals surface area contributed by atoms with Gasteiger partial charge in [0.2, 0.25) is 5.91 Å². The molecule has 5 heteroatoms. The highest BCUT2D eigenvalue weighted by Crippen LogP contribution is 2.20. The van der Waals surface area contributed by atoms with E-state index in [1.54, 1.807) is 18.2 Å². The van der Waals surface area contributed by atoms with Crippen molar-refractivity contribution in [3.8, 4) is 0 Å². The summed E-state index contributed by atoms with van der Waals surface area (Å²) in [5.74, 6) is -0.522. The van der Waals surface area contributed by atoms with Crippen molar-refractivity contribution in [1.29, 1.82) is 0 Å². The van der Waals surface area contributed by atoms with Crippen LogP contribution in [0.25, 0.3) is 0 Å². The predicted molar refractivity (Wildman–Crippen MR) is 68.1 cm³/mol. The van der Waals surface area contributed by atoms with Gasteiger partial charge in [-0.15, -0.1) is 0 Å². The molecule has 0 fully saturated rings. The molecule has 0 saturated carbocycles. The summed E-state index contributed by atoms with van der Waals surface area (Å²) < 4.78 is 0. The van der Waals surface area contributed by atoms with E-state index >= 15 is 0 Å². The number of carbonyl (C=O) groups excluding carboxylic acids is 1. The van der Waals surface area contributed by atoms with Crippen LogP contribution in [0.1, 0.15) is 16.1 Å². The van der Waals surface area contributed by atoms with E-state index in [1.807, 2.05) is 18.3 Å². The van der Waals surface area contributed by atoms with Crippen molar-refractivity contribution in [2.24, 2.45) is 5.73 Å². The number of hydrogen-bond donors (Lipinski definition) is 3. The first-order valence-corrected chi connectivity index (χ1v) is 5.50. The molecule has 0 aliphatic rings. The fraction of sp³-hybridized carbons (Fsp3) is 0.0833. The number of aromatic nitrogens is 1. The Bertz CT molecular complexity index is 523. The minimum absolute atomic E-state index is 0.331. The Labute approximate surface area is 104 Å². The second-order valence-corrected chi connectivity index (χ2v) is 4.01. The van der Waals surface area contributed by atoms with Crippen LogP contribution in [-0.4, -0.2) is 10.9 Å². The molecular formula is C12H12ClN3O. The van der Waals surface area contributed by atoms with E-state index in [9.17, 15) is 4.79 Å². The second-order valence-electron chi connectivity index (χ2n) is 3.61. The van der Waals surface area contributed by atoms with Crippen molar-refractivity contribution in [2.75, 3.05) is 5.32 Å². The van der Waals surface area contributed by atoms with E-state index in [1.165, 1.54) is 0 Å². The van der Waals surface area contributed by atoms with Crippen LogP contribution in [0.2, 0.25) is 5.02 Å². The molecule has 0 aliphatic heterocycles. The highest BCUT2D eigenvalue weighted by molar-refractivity contribution is 6.34. The molecule has 0 radical (unpaired) electrons. The van der Waals surface area contributed by atoms with Gasteiger partial charge in [0, 0.05) is 17.6 Å². The van der Waals surface area contributed by atoms with Crippen LogP contribution in [0.15, 0.2) is 36.5 Å². The molecule has 4 nitrogen and oxygen atoms in total. The lowest BCUT2D eigenvalue weighted by atomic mass is 10.2. The van der Waals surface area contributed by atoms with Crippen LogP contribution in [0, 0.1) is 0 Å². The third-order valence-electron chi connectivity index (χ3n) is 2.38. The fourth-order valence-electron chi connectivity index (χ4n) is 1.50. The molecule has 4 N–H and O–H groups in total. The fourth-order valence-corrected chi connectivity index (χ4v) is 1.77. The quantitative estimate of drug-likeness (QED) is 0.779. The maximum atomic E-state index is 11.0. The maximum Gasteiger partial charge on any atom is 0.250 e. The molecule has 0 atom stereocenters. The standard InChI is InChI=1S/C12H12ClN3O/c13-11-6-8(3-4-10(11)12(14)17)16-7-9-2-1-5-15-9/h1-6,15-16H,7H2,(H2,14,17). The SMILES string of the molecule is NC(=O)c1ccc(NCc2ccc[nH]2)cc1Cl. The third kappa shape index (κ3) is 2.79. The molecule has 0 bridgehead atoms. The van der Waals surface area contributed by atoms with Gasteiger partial charge in [-0.25, -0.2) is 0 Å². The highest BCUT2D eigenvalue weighted by atomic mass is 35.5. The average Bonchev–Trinajstić information content (AvgIpc) is 2.78. The zero-order valence-corrected chi connectivity index (χ0v) is 9.79. The summed E-state index contributed by atoms with van der Waals surface area (Å²) in [5.41, 5.74) is 7.41. The second kappa shape index (κ2) is 4.93. The Kier molecular flexibility index (Phi) is 3.35. The lowest BCUT2D eigenvalue weighted by Crippen LogP contribution is -2.11. The number of aromatic amines is 1. The highest BCUT2D eigenvalue weighted by Gasteiger charge is 2.06. The zero-order chi connectivity index (χ0) is 12.3. The minimum Gasteiger partial charge on any atom is -0.379 e. The number of H-pyrrole nitrogens is 1. The van der Waals surface area contributed by atoms with Gasteiger partial charge in [0.1, 0.15) is 0 Å². The van der Waals surface area contributed by atoms with Gasteiger partial charge in [-0.05, 0) is 30.3 Å². The molecule has 0 saturated heterocycles. The van der Waals surface area contributed by atoms with E-state index < -0.39 is 5.91 Å². The number of nitrogens with one attached hydrogen (secondary N) is 2. The number of halogens is 1. The summed E-state index contributed by atoms with van der Waals surface area (Å²) >= 11 is 5.94. The van der Waals surface area contributed by atoms with Gasteiger partial charge in [0.25, 0.3) is 0 Å². The smallest absolute Gasteiger partial charge is 0.250 e. The Hall–Kier alpha value is -1.94. The van der Waals surface area contributed by atoms with Gasteiger partial charge < -0.3 is 16.0 Å². The number of nitrogens with two attached hydrogens (primary N) is 1. The lowest BCUT2D eigenvalue weighted by Gasteiger charge is -2.07. The summed E-state index contributed by atoms with van der Waals surface area (Å²) in [6.45, 7) is 0.666. The molecule has 0 spiro atoms. The van der Waals surface area contributed by atoms with E-state index in [4.69, 9.17) is 17.3 Å². The number of amides is 1. The topological polar surface area (TPSA) is 70.9 Å². The molecule has 88 valence electrons. The molecular weight excluding hydrogens is 238 g/mol. The van der Waals surface area contributed by atoms with Gasteiger partial charge in [-0.1, -0.05) is 11.6 Å². The van der Waals surface area contributed by atoms with Crippen molar-refractivity contribution < 1.29 is 4.79 Å². The number of anilines is 1. The number of hydrogen-bond acceptors (Lipinski definition) is 2. The third-order valence-corrected chi connectivity index (χ3v) is 2.69. The van der Waals surface area contributed by atoms with Crippen LogP contribution >= 0.6 is 11.6 Å². The summed E-state index contributed by atoms with van der Waals surface area (Å²) in [6, 6.07) is 8.98. The molecule has 1 heterocycles. The van der Waals surface area contributed by atoms with Gasteiger partial charge in [0.15, 0.2) is 0 Å². The molecule has 2 aromatic rings. The normalized spacial score (nSPS) is 10.2. The molecule has 1 amide bonds. The summed E-state index contributed by atoms with van der Waals surface area (Å²) in [6.07, 6.45) is 1.86. The number of carbonyl (C=O) groups is 1. The molecule has 1 aromatic heterocycles. The average molecular weight is 250 g/mol. The molecule has 0 unspecified atom stereocenters. The number of benzene rings is 1. The summed E-state index contributed by atoms with van der Waals surface area (Å²) in [4.78, 5) is 14.1. The Balaban J connectivity index is 2.07. The van der Waals surface area contributed by atoms with Crippen molar-refractivity contribution in [1.82, 2.24) is 4.98 Å². The van der Waals surface area contributed by atoms with Crippen LogP contribution in [0.3, 0.4) is 0 Å². The first-order valence-electron chi connectivity index (χ1n) is 5.12. The van der Waals surface area contributed by atoms with Crippen molar-refractivity contribution >= 4 is 23.2 Å². The number of primary amides is 1. The molecule has 1 aromatic carbocycles. The van der Waals surface area contributed by atoms with Crippen LogP contribution < -0.4 is 11.1 Å². The van der Waals surface area contributed by atoms with Crippen molar-refractivity contribution in [3.05, 3.63) is 52.8 Å². The van der Waals surface area contributed by atoms with E-state index in [-0.39, 0.29) is 0 Å². The predicted octanol–water partition coefficient (Wildman–Crippen LogP) is 2.38. The Morgan fingerprint density at radius 3 is 2.82 bits per heavy atom. The zero-order valence-electron chi connectivity index (χ0n) is 9.03.